The Bertz CT molecular complexity index is 3210. The van der Waals surface area contributed by atoms with Crippen LogP contribution in [0.1, 0.15) is 37.4 Å². The first kappa shape index (κ1) is 44.1. The van der Waals surface area contributed by atoms with E-state index in [1.165, 1.54) is 12.1 Å². The first-order chi connectivity index (χ1) is 32.1. The summed E-state index contributed by atoms with van der Waals surface area (Å²) < 4.78 is 1.06. The van der Waals surface area contributed by atoms with E-state index in [1.807, 2.05) is 55.5 Å². The van der Waals surface area contributed by atoms with E-state index in [0.29, 0.717) is 44.3 Å². The molecule has 0 fully saturated rings. The molecule has 8 aromatic carbocycles. The van der Waals surface area contributed by atoms with Crippen LogP contribution < -0.4 is 16.1 Å². The summed E-state index contributed by atoms with van der Waals surface area (Å²) in [5.41, 5.74) is 8.33. The van der Waals surface area contributed by atoms with Crippen LogP contribution in [0.2, 0.25) is 0 Å². The van der Waals surface area contributed by atoms with Crippen molar-refractivity contribution in [3.8, 4) is 11.5 Å². The fourth-order valence-corrected chi connectivity index (χ4v) is 7.25. The zero-order valence-electron chi connectivity index (χ0n) is 34.8. The minimum atomic E-state index is -0.670. The average Bonchev–Trinajstić information content (AvgIpc) is 3.32. The Morgan fingerprint density at radius 2 is 1.21 bits per heavy atom. The molecule has 15 nitrogen and oxygen atoms in total. The number of rotatable bonds is 14. The maximum atomic E-state index is 13.4. The van der Waals surface area contributed by atoms with Crippen LogP contribution in [0, 0.1) is 10.5 Å². The van der Waals surface area contributed by atoms with Gasteiger partial charge >= 0.3 is 6.03 Å². The van der Waals surface area contributed by atoms with Gasteiger partial charge in [-0.25, -0.2) is 10.3 Å². The van der Waals surface area contributed by atoms with Crippen molar-refractivity contribution in [3.63, 3.8) is 0 Å². The van der Waals surface area contributed by atoms with Gasteiger partial charge in [-0.3, -0.25) is 14.9 Å². The summed E-state index contributed by atoms with van der Waals surface area (Å²) in [6.07, 6.45) is 1.16. The second-order valence-corrected chi connectivity index (χ2v) is 15.9. The number of hydrogen-bond acceptors (Lipinski definition) is 13. The molecule has 66 heavy (non-hydrogen) atoms. The summed E-state index contributed by atoms with van der Waals surface area (Å²) >= 11 is 2.21. The number of carbonyl (C=O) groups excluding carboxylic acids is 3. The van der Waals surface area contributed by atoms with Gasteiger partial charge in [-0.1, -0.05) is 53.7 Å². The number of aromatic hydroxyl groups is 2. The van der Waals surface area contributed by atoms with E-state index in [4.69, 9.17) is 9.68 Å². The van der Waals surface area contributed by atoms with Crippen LogP contribution in [0.15, 0.2) is 183 Å². The number of phenolic OH excluding ortho intramolecular Hbond substituents is 2. The third-order valence-electron chi connectivity index (χ3n) is 9.96. The maximum Gasteiger partial charge on any atom is 0.326 e. The van der Waals surface area contributed by atoms with Crippen LogP contribution in [-0.4, -0.2) is 34.3 Å². The minimum absolute atomic E-state index is 0.0422. The Morgan fingerprint density at radius 3 is 1.85 bits per heavy atom. The molecule has 326 valence electrons. The zero-order chi connectivity index (χ0) is 46.0. The molecule has 0 radical (unpaired) electrons. The molecule has 8 rings (SSSR count). The number of urea groups is 1. The van der Waals surface area contributed by atoms with Gasteiger partial charge in [0.05, 0.1) is 17.1 Å². The molecular formula is C50H37IN8O7. The SMILES string of the molecule is Cc1cccc(NC(=O)NC(=O)c2ccc3c(N=Nc4ccc(C(=O)c5ccc(N=Nc6c(O)ccc7cc(CO/N=C\ONc8cccc(I)c8)ccc67)cc5)cc4)c(O)ccc3c2)c1. The van der Waals surface area contributed by atoms with Crippen molar-refractivity contribution in [3.05, 3.63) is 189 Å². The number of phenols is 2. The van der Waals surface area contributed by atoms with Crippen LogP contribution in [0.5, 0.6) is 11.5 Å². The highest BCUT2D eigenvalue weighted by atomic mass is 127. The molecule has 0 saturated carbocycles. The molecule has 5 N–H and O–H groups in total. The van der Waals surface area contributed by atoms with E-state index in [-0.39, 0.29) is 40.8 Å². The Hall–Kier alpha value is -8.51. The second-order valence-electron chi connectivity index (χ2n) is 14.7. The van der Waals surface area contributed by atoms with Crippen molar-refractivity contribution in [2.24, 2.45) is 25.6 Å². The molecule has 0 aliphatic rings. The average molecular weight is 989 g/mol. The number of aryl methyl sites for hydroxylation is 1. The molecule has 3 amide bonds. The predicted octanol–water partition coefficient (Wildman–Crippen LogP) is 12.8. The molecule has 0 saturated heterocycles. The molecule has 0 bridgehead atoms. The minimum Gasteiger partial charge on any atom is -0.506 e. The number of nitrogens with one attached hydrogen (secondary N) is 3. The smallest absolute Gasteiger partial charge is 0.326 e. The number of nitrogens with zero attached hydrogens (tertiary/aromatic N) is 5. The lowest BCUT2D eigenvalue weighted by Gasteiger charge is -2.09. The molecule has 0 atom stereocenters. The number of hydrogen-bond donors (Lipinski definition) is 5. The fourth-order valence-electron chi connectivity index (χ4n) is 6.71. The number of carbonyl (C=O) groups is 3. The highest BCUT2D eigenvalue weighted by Crippen LogP contribution is 2.38. The van der Waals surface area contributed by atoms with Crippen LogP contribution in [-0.2, 0) is 16.3 Å². The predicted molar refractivity (Wildman–Crippen MR) is 261 cm³/mol. The lowest BCUT2D eigenvalue weighted by molar-refractivity contribution is 0.0966. The lowest BCUT2D eigenvalue weighted by Crippen LogP contribution is -2.34. The van der Waals surface area contributed by atoms with Crippen molar-refractivity contribution >= 4 is 102 Å². The van der Waals surface area contributed by atoms with E-state index in [2.05, 4.69) is 64.3 Å². The number of amides is 3. The Balaban J connectivity index is 0.866. The third-order valence-corrected chi connectivity index (χ3v) is 10.6. The first-order valence-corrected chi connectivity index (χ1v) is 21.2. The van der Waals surface area contributed by atoms with Gasteiger partial charge in [0, 0.05) is 36.7 Å². The summed E-state index contributed by atoms with van der Waals surface area (Å²) in [6.45, 7) is 2.08. The van der Waals surface area contributed by atoms with Crippen LogP contribution in [0.3, 0.4) is 0 Å². The van der Waals surface area contributed by atoms with E-state index in [0.717, 1.165) is 32.2 Å². The molecular weight excluding hydrogens is 952 g/mol. The summed E-state index contributed by atoms with van der Waals surface area (Å²) in [4.78, 5) is 49.3. The fraction of sp³-hybridized carbons (Fsp3) is 0.0400. The van der Waals surface area contributed by atoms with Gasteiger partial charge in [0.1, 0.15) is 29.5 Å². The molecule has 0 aromatic heterocycles. The second kappa shape index (κ2) is 20.3. The van der Waals surface area contributed by atoms with Gasteiger partial charge in [-0.2, -0.15) is 10.2 Å². The quantitative estimate of drug-likeness (QED) is 0.0176. The molecule has 0 heterocycles. The Kier molecular flexibility index (Phi) is 13.6. The molecule has 0 spiro atoms. The van der Waals surface area contributed by atoms with Crippen molar-refractivity contribution in [1.82, 2.24) is 5.32 Å². The number of imide groups is 1. The summed E-state index contributed by atoms with van der Waals surface area (Å²) in [6, 6.07) is 44.0. The van der Waals surface area contributed by atoms with Crippen molar-refractivity contribution in [1.29, 1.82) is 0 Å². The van der Waals surface area contributed by atoms with Gasteiger partial charge in [0.2, 0.25) is 6.40 Å². The zero-order valence-corrected chi connectivity index (χ0v) is 37.0. The van der Waals surface area contributed by atoms with Crippen molar-refractivity contribution in [2.75, 3.05) is 10.8 Å². The summed E-state index contributed by atoms with van der Waals surface area (Å²) in [5.74, 6) is -1.00. The van der Waals surface area contributed by atoms with Gasteiger partial charge in [0.15, 0.2) is 5.78 Å². The highest BCUT2D eigenvalue weighted by Gasteiger charge is 2.15. The standard InChI is InChI=1S/C50H37IN8O7/c1-30-4-2-6-40(24-30)53-50(64)54-49(63)36-13-21-43-35(26-36)15-23-45(61)47(43)58-56-39-18-11-33(12-19-39)48(62)32-9-16-38(17-10-32)55-57-46-42-20-8-31(25-34(42)14-22-44(46)60)28-65-52-29-66-59-41-7-3-5-37(51)27-41/h2-27,29,59-61H,28H2,1H3,(H2,53,54,63,64)/b52-29-,57-55?,58-56?. The first-order valence-electron chi connectivity index (χ1n) is 20.1. The molecule has 16 heteroatoms. The number of fused-ring (bicyclic) bond motifs is 2. The highest BCUT2D eigenvalue weighted by molar-refractivity contribution is 14.1. The van der Waals surface area contributed by atoms with Crippen molar-refractivity contribution in [2.45, 2.75) is 13.5 Å². The number of benzene rings is 8. The summed E-state index contributed by atoms with van der Waals surface area (Å²) in [7, 11) is 0. The number of halogens is 1. The lowest BCUT2D eigenvalue weighted by atomic mass is 10.0. The number of azo groups is 2. The maximum absolute atomic E-state index is 13.4. The monoisotopic (exact) mass is 988 g/mol. The van der Waals surface area contributed by atoms with E-state index >= 15 is 0 Å². The molecule has 8 aromatic rings. The summed E-state index contributed by atoms with van der Waals surface area (Å²) in [5, 5.41) is 50.0. The van der Waals surface area contributed by atoms with Crippen LogP contribution >= 0.6 is 22.6 Å². The van der Waals surface area contributed by atoms with Crippen LogP contribution in [0.25, 0.3) is 21.5 Å². The van der Waals surface area contributed by atoms with Crippen molar-refractivity contribution < 1.29 is 34.3 Å². The van der Waals surface area contributed by atoms with Gasteiger partial charge < -0.3 is 25.2 Å². The van der Waals surface area contributed by atoms with E-state index < -0.39 is 11.9 Å². The molecule has 0 aliphatic carbocycles. The number of ketones is 1. The van der Waals surface area contributed by atoms with Gasteiger partial charge in [-0.15, -0.1) is 10.2 Å². The third kappa shape index (κ3) is 11.0. The van der Waals surface area contributed by atoms with Crippen LogP contribution in [0.4, 0.5) is 38.9 Å². The largest absolute Gasteiger partial charge is 0.506 e. The normalized spacial score (nSPS) is 11.4. The van der Waals surface area contributed by atoms with E-state index in [1.54, 1.807) is 97.1 Å². The Labute approximate surface area is 390 Å². The number of oxime groups is 1. The number of anilines is 2. The van der Waals surface area contributed by atoms with Gasteiger partial charge in [0.25, 0.3) is 5.91 Å². The molecule has 0 aliphatic heterocycles. The Morgan fingerprint density at radius 1 is 0.621 bits per heavy atom. The van der Waals surface area contributed by atoms with Gasteiger partial charge in [-0.05, 0) is 161 Å². The molecule has 0 unspecified atom stereocenters. The topological polar surface area (TPSA) is 208 Å². The van der Waals surface area contributed by atoms with E-state index in [9.17, 15) is 24.6 Å².